The van der Waals surface area contributed by atoms with Crippen molar-refractivity contribution in [1.29, 1.82) is 0 Å². The summed E-state index contributed by atoms with van der Waals surface area (Å²) in [5.74, 6) is 0.318. The van der Waals surface area contributed by atoms with Crippen molar-refractivity contribution in [2.45, 2.75) is 13.3 Å². The summed E-state index contributed by atoms with van der Waals surface area (Å²) >= 11 is 0. The fraction of sp³-hybridized carbons (Fsp3) is 0.0909. The van der Waals surface area contributed by atoms with Crippen molar-refractivity contribution in [3.05, 3.63) is 114 Å². The molecule has 3 nitrogen and oxygen atoms in total. The molecule has 4 heteroatoms. The largest absolute Gasteiger partial charge is 0.507 e. The van der Waals surface area contributed by atoms with E-state index in [1.165, 1.54) is 0 Å². The summed E-state index contributed by atoms with van der Waals surface area (Å²) in [7, 11) is -3.47. The van der Waals surface area contributed by atoms with Crippen LogP contribution in [0.1, 0.15) is 13.3 Å². The predicted molar refractivity (Wildman–Crippen MR) is 154 cm³/mol. The van der Waals surface area contributed by atoms with Crippen molar-refractivity contribution < 1.29 is 14.8 Å². The van der Waals surface area contributed by atoms with Gasteiger partial charge in [0.2, 0.25) is 0 Å². The highest BCUT2D eigenvalue weighted by Gasteiger charge is 2.34. The van der Waals surface area contributed by atoms with Gasteiger partial charge in [0, 0.05) is 21.7 Å². The topological polar surface area (TPSA) is 57.5 Å². The number of phenols is 2. The molecule has 0 saturated carbocycles. The van der Waals surface area contributed by atoms with Gasteiger partial charge in [-0.1, -0.05) is 110 Å². The van der Waals surface area contributed by atoms with E-state index >= 15 is 4.57 Å². The van der Waals surface area contributed by atoms with Crippen LogP contribution in [-0.2, 0) is 4.57 Å². The van der Waals surface area contributed by atoms with E-state index in [2.05, 4.69) is 19.1 Å². The molecule has 37 heavy (non-hydrogen) atoms. The summed E-state index contributed by atoms with van der Waals surface area (Å²) in [4.78, 5) is 0. The number of benzene rings is 5. The Morgan fingerprint density at radius 2 is 1.38 bits per heavy atom. The van der Waals surface area contributed by atoms with Crippen LogP contribution < -0.4 is 26.4 Å². The van der Waals surface area contributed by atoms with E-state index in [4.69, 9.17) is 0 Å². The zero-order valence-corrected chi connectivity index (χ0v) is 21.4. The van der Waals surface area contributed by atoms with Crippen LogP contribution in [0.15, 0.2) is 103 Å². The van der Waals surface area contributed by atoms with Crippen LogP contribution in [0, 0.1) is 5.92 Å². The Bertz CT molecular complexity index is 1770. The van der Waals surface area contributed by atoms with Crippen molar-refractivity contribution in [2.24, 2.45) is 5.92 Å². The lowest BCUT2D eigenvalue weighted by atomic mass is 9.90. The minimum absolute atomic E-state index is 0.0648. The third-order valence-corrected chi connectivity index (χ3v) is 10.3. The molecule has 0 fully saturated rings. The molecule has 5 aromatic carbocycles. The second-order valence-corrected chi connectivity index (χ2v) is 12.4. The summed E-state index contributed by atoms with van der Waals surface area (Å²) in [5.41, 5.74) is 1.08. The fourth-order valence-electron chi connectivity index (χ4n) is 5.43. The van der Waals surface area contributed by atoms with E-state index in [0.29, 0.717) is 33.0 Å². The molecule has 0 bridgehead atoms. The van der Waals surface area contributed by atoms with Crippen LogP contribution in [0.3, 0.4) is 0 Å². The molecule has 1 unspecified atom stereocenters. The second-order valence-electron chi connectivity index (χ2n) is 9.67. The highest BCUT2D eigenvalue weighted by molar-refractivity contribution is 7.85. The third kappa shape index (κ3) is 3.79. The molecule has 0 spiro atoms. The van der Waals surface area contributed by atoms with E-state index in [1.54, 1.807) is 6.07 Å². The average Bonchev–Trinajstić information content (AvgIpc) is 2.94. The smallest absolute Gasteiger partial charge is 0.174 e. The van der Waals surface area contributed by atoms with Crippen LogP contribution in [0.4, 0.5) is 0 Å². The summed E-state index contributed by atoms with van der Waals surface area (Å²) < 4.78 is 15.3. The van der Waals surface area contributed by atoms with Gasteiger partial charge >= 0.3 is 0 Å². The standard InChI is InChI=1S/C33H27O3P/c1-22-16-17-23-18-19-29(34)31(28(23)20-22)32-27-15-9-8-10-24(27)21-30(33(32)35)37(36,25-11-4-2-5-12-25)26-13-6-3-7-14-26/h2-15,17-22,34-35H,16H2,1H3. The van der Waals surface area contributed by atoms with E-state index in [9.17, 15) is 10.2 Å². The number of aromatic hydroxyl groups is 2. The van der Waals surface area contributed by atoms with Gasteiger partial charge in [-0.05, 0) is 45.7 Å². The van der Waals surface area contributed by atoms with Gasteiger partial charge in [-0.2, -0.15) is 0 Å². The number of rotatable bonds is 4. The first-order chi connectivity index (χ1) is 18.0. The van der Waals surface area contributed by atoms with Gasteiger partial charge in [0.1, 0.15) is 11.5 Å². The van der Waals surface area contributed by atoms with Crippen LogP contribution in [0.2, 0.25) is 0 Å². The van der Waals surface area contributed by atoms with Gasteiger partial charge in [0.05, 0.1) is 5.30 Å². The van der Waals surface area contributed by atoms with Crippen LogP contribution in [0.25, 0.3) is 34.1 Å². The molecule has 1 aliphatic carbocycles. The van der Waals surface area contributed by atoms with E-state index in [0.717, 1.165) is 27.6 Å². The summed E-state index contributed by atoms with van der Waals surface area (Å²) in [6, 6.07) is 31.9. The number of fused-ring (bicyclic) bond motifs is 2. The van der Waals surface area contributed by atoms with Gasteiger partial charge in [-0.15, -0.1) is 0 Å². The zero-order valence-electron chi connectivity index (χ0n) is 20.5. The maximum atomic E-state index is 15.3. The Balaban J connectivity index is 1.79. The second kappa shape index (κ2) is 9.10. The van der Waals surface area contributed by atoms with E-state index in [1.807, 2.05) is 97.1 Å². The first kappa shape index (κ1) is 23.3. The normalized spacial score (nSPS) is 15.0. The third-order valence-electron chi connectivity index (χ3n) is 7.25. The lowest BCUT2D eigenvalue weighted by Gasteiger charge is -2.24. The lowest BCUT2D eigenvalue weighted by Crippen LogP contribution is -2.31. The molecule has 6 rings (SSSR count). The molecule has 0 aromatic heterocycles. The Hall–Kier alpha value is -4.07. The van der Waals surface area contributed by atoms with Crippen molar-refractivity contribution in [3.8, 4) is 22.6 Å². The van der Waals surface area contributed by atoms with Crippen molar-refractivity contribution in [3.63, 3.8) is 0 Å². The summed E-state index contributed by atoms with van der Waals surface area (Å²) in [6.45, 7) is 2.14. The molecule has 0 heterocycles. The molecule has 2 N–H and O–H groups in total. The number of phenolic OH excluding ortho intramolecular Hbond substituents is 2. The maximum absolute atomic E-state index is 15.3. The fourth-order valence-corrected chi connectivity index (χ4v) is 8.20. The molecule has 1 aliphatic rings. The summed E-state index contributed by atoms with van der Waals surface area (Å²) in [5, 5.41) is 28.5. The molecule has 182 valence electrons. The Labute approximate surface area is 216 Å². The van der Waals surface area contributed by atoms with Gasteiger partial charge in [-0.25, -0.2) is 0 Å². The molecule has 1 atom stereocenters. The Morgan fingerprint density at radius 3 is 2.05 bits per heavy atom. The van der Waals surface area contributed by atoms with E-state index < -0.39 is 7.14 Å². The zero-order chi connectivity index (χ0) is 25.6. The van der Waals surface area contributed by atoms with Crippen molar-refractivity contribution in [2.75, 3.05) is 0 Å². The van der Waals surface area contributed by atoms with Gasteiger partial charge < -0.3 is 14.8 Å². The first-order valence-corrected chi connectivity index (χ1v) is 14.2. The summed E-state index contributed by atoms with van der Waals surface area (Å²) in [6.07, 6.45) is 5.24. The molecular weight excluding hydrogens is 475 g/mol. The van der Waals surface area contributed by atoms with Crippen molar-refractivity contribution >= 4 is 46.0 Å². The highest BCUT2D eigenvalue weighted by Crippen LogP contribution is 2.49. The molecule has 0 saturated heterocycles. The SMILES string of the molecule is CC1C=c2c(-c3c(O)c(P(=O)(c4ccccc4)c4ccccc4)cc4ccccc34)c(O)ccc2=CC1. The maximum Gasteiger partial charge on any atom is 0.174 e. The minimum atomic E-state index is -3.47. The molecular formula is C33H27O3P. The first-order valence-electron chi connectivity index (χ1n) is 12.5. The Kier molecular flexibility index (Phi) is 5.74. The number of hydrogen-bond acceptors (Lipinski definition) is 3. The number of hydrogen-bond donors (Lipinski definition) is 2. The van der Waals surface area contributed by atoms with Gasteiger partial charge in [-0.3, -0.25) is 0 Å². The highest BCUT2D eigenvalue weighted by atomic mass is 31.2. The quantitative estimate of drug-likeness (QED) is 0.334. The van der Waals surface area contributed by atoms with Crippen LogP contribution in [-0.4, -0.2) is 10.2 Å². The Morgan fingerprint density at radius 1 is 0.757 bits per heavy atom. The lowest BCUT2D eigenvalue weighted by molar-refractivity contribution is 0.470. The predicted octanol–water partition coefficient (Wildman–Crippen LogP) is 5.16. The van der Waals surface area contributed by atoms with E-state index in [-0.39, 0.29) is 11.5 Å². The molecule has 0 aliphatic heterocycles. The van der Waals surface area contributed by atoms with Crippen LogP contribution in [0.5, 0.6) is 11.5 Å². The van der Waals surface area contributed by atoms with Gasteiger partial charge in [0.25, 0.3) is 0 Å². The molecule has 0 radical (unpaired) electrons. The van der Waals surface area contributed by atoms with Gasteiger partial charge in [0.15, 0.2) is 7.14 Å². The minimum Gasteiger partial charge on any atom is -0.507 e. The monoisotopic (exact) mass is 502 g/mol. The van der Waals surface area contributed by atoms with Crippen molar-refractivity contribution in [1.82, 2.24) is 0 Å². The molecule has 5 aromatic rings. The molecule has 0 amide bonds. The average molecular weight is 503 g/mol. The van der Waals surface area contributed by atoms with Crippen LogP contribution >= 0.6 is 7.14 Å².